The number of benzene rings is 1. The zero-order chi connectivity index (χ0) is 9.14. The highest BCUT2D eigenvalue weighted by molar-refractivity contribution is 14.1. The molecule has 1 nitrogen and oxygen atoms in total. The van der Waals surface area contributed by atoms with E-state index in [1.165, 1.54) is 14.7 Å². The fraction of sp³-hybridized carbons (Fsp3) is 0.400. The lowest BCUT2D eigenvalue weighted by molar-refractivity contribution is 0.694. The molecule has 0 heterocycles. The molecule has 0 saturated carbocycles. The molecule has 1 aromatic rings. The number of aryl methyl sites for hydroxylation is 1. The van der Waals surface area contributed by atoms with Crippen molar-refractivity contribution in [3.63, 3.8) is 0 Å². The van der Waals surface area contributed by atoms with E-state index in [0.29, 0.717) is 0 Å². The van der Waals surface area contributed by atoms with Gasteiger partial charge in [-0.05, 0) is 47.1 Å². The Morgan fingerprint density at radius 1 is 1.50 bits per heavy atom. The lowest BCUT2D eigenvalue weighted by Gasteiger charge is -2.12. The molecule has 0 aromatic heterocycles. The maximum absolute atomic E-state index is 5.96. The van der Waals surface area contributed by atoms with Crippen molar-refractivity contribution < 1.29 is 0 Å². The summed E-state index contributed by atoms with van der Waals surface area (Å²) in [6, 6.07) is 6.50. The third-order valence-electron chi connectivity index (χ3n) is 2.06. The van der Waals surface area contributed by atoms with Gasteiger partial charge in [-0.2, -0.15) is 0 Å². The van der Waals surface area contributed by atoms with E-state index in [2.05, 4.69) is 54.6 Å². The van der Waals surface area contributed by atoms with Crippen molar-refractivity contribution in [2.24, 2.45) is 5.73 Å². The Hall–Kier alpha value is -0.0900. The summed E-state index contributed by atoms with van der Waals surface area (Å²) in [5.41, 5.74) is 8.55. The Kier molecular flexibility index (Phi) is 3.53. The van der Waals surface area contributed by atoms with Gasteiger partial charge in [0.05, 0.1) is 0 Å². The van der Waals surface area contributed by atoms with Crippen LogP contribution in [-0.2, 0) is 0 Å². The van der Waals surface area contributed by atoms with Crippen LogP contribution in [0.25, 0.3) is 0 Å². The van der Waals surface area contributed by atoms with Crippen LogP contribution in [-0.4, -0.2) is 0 Å². The Morgan fingerprint density at radius 2 is 2.17 bits per heavy atom. The summed E-state index contributed by atoms with van der Waals surface area (Å²) in [7, 11) is 0. The molecule has 1 rings (SSSR count). The van der Waals surface area contributed by atoms with Gasteiger partial charge in [-0.15, -0.1) is 0 Å². The Bertz CT molecular complexity index is 271. The van der Waals surface area contributed by atoms with E-state index < -0.39 is 0 Å². The predicted octanol–water partition coefficient (Wildman–Crippen LogP) is 3.01. The van der Waals surface area contributed by atoms with Crippen molar-refractivity contribution in [3.8, 4) is 0 Å². The molecule has 0 bridgehead atoms. The minimum atomic E-state index is 0.191. The van der Waals surface area contributed by atoms with Crippen LogP contribution in [0, 0.1) is 10.5 Å². The average molecular weight is 275 g/mol. The molecular weight excluding hydrogens is 261 g/mol. The summed E-state index contributed by atoms with van der Waals surface area (Å²) >= 11 is 2.36. The van der Waals surface area contributed by atoms with Gasteiger partial charge in [-0.1, -0.05) is 25.1 Å². The molecule has 1 atom stereocenters. The van der Waals surface area contributed by atoms with Gasteiger partial charge in [-0.3, -0.25) is 0 Å². The predicted molar refractivity (Wildman–Crippen MR) is 61.1 cm³/mol. The zero-order valence-corrected chi connectivity index (χ0v) is 9.63. The molecule has 0 saturated heterocycles. The van der Waals surface area contributed by atoms with E-state index in [9.17, 15) is 0 Å². The van der Waals surface area contributed by atoms with Crippen LogP contribution in [0.15, 0.2) is 18.2 Å². The Balaban J connectivity index is 3.07. The van der Waals surface area contributed by atoms with Gasteiger partial charge in [0.25, 0.3) is 0 Å². The van der Waals surface area contributed by atoms with E-state index in [1.54, 1.807) is 0 Å². The number of nitrogens with two attached hydrogens (primary N) is 1. The third-order valence-corrected chi connectivity index (χ3v) is 3.53. The van der Waals surface area contributed by atoms with Crippen LogP contribution in [0.5, 0.6) is 0 Å². The maximum Gasteiger partial charge on any atom is 0.0302 e. The quantitative estimate of drug-likeness (QED) is 0.825. The van der Waals surface area contributed by atoms with Crippen LogP contribution < -0.4 is 5.73 Å². The molecule has 12 heavy (non-hydrogen) atoms. The van der Waals surface area contributed by atoms with Gasteiger partial charge in [0, 0.05) is 9.61 Å². The van der Waals surface area contributed by atoms with Crippen LogP contribution in [0.4, 0.5) is 0 Å². The minimum Gasteiger partial charge on any atom is -0.324 e. The monoisotopic (exact) mass is 275 g/mol. The van der Waals surface area contributed by atoms with Crippen molar-refractivity contribution in [3.05, 3.63) is 32.9 Å². The van der Waals surface area contributed by atoms with Gasteiger partial charge in [0.15, 0.2) is 0 Å². The summed E-state index contributed by atoms with van der Waals surface area (Å²) in [5.74, 6) is 0. The third kappa shape index (κ3) is 1.98. The standard InChI is InChI=1S/C10H14IN/c1-3-9(12)8-6-4-5-7(2)10(8)11/h4-6,9H,3,12H2,1-2H3. The zero-order valence-electron chi connectivity index (χ0n) is 7.47. The van der Waals surface area contributed by atoms with E-state index >= 15 is 0 Å². The molecule has 1 aromatic carbocycles. The first-order valence-electron chi connectivity index (χ1n) is 4.17. The average Bonchev–Trinajstić information content (AvgIpc) is 2.08. The molecule has 0 aliphatic rings. The minimum absolute atomic E-state index is 0.191. The number of hydrogen-bond donors (Lipinski definition) is 1. The summed E-state index contributed by atoms with van der Waals surface area (Å²) in [6.07, 6.45) is 0.999. The van der Waals surface area contributed by atoms with Crippen LogP contribution >= 0.6 is 22.6 Å². The highest BCUT2D eigenvalue weighted by Gasteiger charge is 2.07. The lowest BCUT2D eigenvalue weighted by Crippen LogP contribution is -2.10. The summed E-state index contributed by atoms with van der Waals surface area (Å²) in [4.78, 5) is 0. The maximum atomic E-state index is 5.96. The molecule has 0 radical (unpaired) electrons. The normalized spacial score (nSPS) is 13.0. The molecule has 0 spiro atoms. The second kappa shape index (κ2) is 4.23. The molecule has 2 heteroatoms. The number of rotatable bonds is 2. The first-order chi connectivity index (χ1) is 5.66. The van der Waals surface area contributed by atoms with Crippen molar-refractivity contribution in [2.75, 3.05) is 0 Å². The number of hydrogen-bond acceptors (Lipinski definition) is 1. The SMILES string of the molecule is CCC(N)c1cccc(C)c1I. The van der Waals surface area contributed by atoms with Gasteiger partial charge in [0.2, 0.25) is 0 Å². The smallest absolute Gasteiger partial charge is 0.0302 e. The largest absolute Gasteiger partial charge is 0.324 e. The van der Waals surface area contributed by atoms with Gasteiger partial charge in [-0.25, -0.2) is 0 Å². The van der Waals surface area contributed by atoms with Crippen molar-refractivity contribution in [2.45, 2.75) is 26.3 Å². The van der Waals surface area contributed by atoms with Crippen molar-refractivity contribution >= 4 is 22.6 Å². The van der Waals surface area contributed by atoms with Crippen LogP contribution in [0.2, 0.25) is 0 Å². The first-order valence-corrected chi connectivity index (χ1v) is 5.25. The number of halogens is 1. The van der Waals surface area contributed by atoms with Crippen molar-refractivity contribution in [1.82, 2.24) is 0 Å². The fourth-order valence-corrected chi connectivity index (χ4v) is 1.94. The second-order valence-electron chi connectivity index (χ2n) is 2.99. The first kappa shape index (κ1) is 9.99. The fourth-order valence-electron chi connectivity index (χ4n) is 1.18. The lowest BCUT2D eigenvalue weighted by atomic mass is 10.0. The van der Waals surface area contributed by atoms with E-state index in [0.717, 1.165) is 6.42 Å². The highest BCUT2D eigenvalue weighted by Crippen LogP contribution is 2.22. The molecule has 66 valence electrons. The molecular formula is C10H14IN. The van der Waals surface area contributed by atoms with Gasteiger partial charge in [0.1, 0.15) is 0 Å². The van der Waals surface area contributed by atoms with Gasteiger partial charge >= 0.3 is 0 Å². The summed E-state index contributed by atoms with van der Waals surface area (Å²) < 4.78 is 1.31. The molecule has 0 aliphatic carbocycles. The highest BCUT2D eigenvalue weighted by atomic mass is 127. The van der Waals surface area contributed by atoms with E-state index in [4.69, 9.17) is 5.73 Å². The van der Waals surface area contributed by atoms with Crippen LogP contribution in [0.3, 0.4) is 0 Å². The molecule has 0 aliphatic heterocycles. The molecule has 1 unspecified atom stereocenters. The Labute approximate surface area is 87.5 Å². The Morgan fingerprint density at radius 3 is 2.75 bits per heavy atom. The molecule has 0 amide bonds. The summed E-state index contributed by atoms with van der Waals surface area (Å²) in [5, 5.41) is 0. The topological polar surface area (TPSA) is 26.0 Å². The van der Waals surface area contributed by atoms with Crippen molar-refractivity contribution in [1.29, 1.82) is 0 Å². The van der Waals surface area contributed by atoms with Crippen LogP contribution in [0.1, 0.15) is 30.5 Å². The molecule has 2 N–H and O–H groups in total. The van der Waals surface area contributed by atoms with E-state index in [1.807, 2.05) is 0 Å². The van der Waals surface area contributed by atoms with Gasteiger partial charge < -0.3 is 5.73 Å². The molecule has 0 fully saturated rings. The second-order valence-corrected chi connectivity index (χ2v) is 4.07. The summed E-state index contributed by atoms with van der Waals surface area (Å²) in [6.45, 7) is 4.23. The van der Waals surface area contributed by atoms with E-state index in [-0.39, 0.29) is 6.04 Å².